The van der Waals surface area contributed by atoms with Gasteiger partial charge in [-0.2, -0.15) is 0 Å². The number of benzene rings is 2. The van der Waals surface area contributed by atoms with E-state index in [0.29, 0.717) is 47.3 Å². The molecule has 3 unspecified atom stereocenters. The number of hydrogen-bond donors (Lipinski definition) is 1. The highest BCUT2D eigenvalue weighted by molar-refractivity contribution is 6.32. The maximum atomic E-state index is 15.6. The molecular weight excluding hydrogens is 498 g/mol. The maximum Gasteiger partial charge on any atom is 0.303 e. The summed E-state index contributed by atoms with van der Waals surface area (Å²) in [5.41, 5.74) is 1.63. The van der Waals surface area contributed by atoms with Gasteiger partial charge in [-0.1, -0.05) is 29.5 Å². The Morgan fingerprint density at radius 1 is 1.30 bits per heavy atom. The molecule has 2 heterocycles. The van der Waals surface area contributed by atoms with Crippen molar-refractivity contribution in [2.45, 2.75) is 31.9 Å². The molecule has 1 saturated heterocycles. The zero-order valence-electron chi connectivity index (χ0n) is 20.6. The van der Waals surface area contributed by atoms with E-state index in [0.717, 1.165) is 13.0 Å². The number of piperidine rings is 1. The summed E-state index contributed by atoms with van der Waals surface area (Å²) < 4.78 is 34.3. The first kappa shape index (κ1) is 26.8. The summed E-state index contributed by atoms with van der Waals surface area (Å²) in [6.45, 7) is 1.78. The third-order valence-electron chi connectivity index (χ3n) is 6.94. The molecule has 1 aromatic heterocycles. The Hall–Kier alpha value is -3.21. The maximum absolute atomic E-state index is 15.6. The second-order valence-corrected chi connectivity index (χ2v) is 9.81. The number of carbonyl (C=O) groups is 1. The van der Waals surface area contributed by atoms with Crippen LogP contribution in [0.3, 0.4) is 0 Å². The van der Waals surface area contributed by atoms with Gasteiger partial charge in [-0.05, 0) is 74.0 Å². The molecule has 2 aromatic carbocycles. The molecule has 4 rings (SSSR count). The van der Waals surface area contributed by atoms with Crippen molar-refractivity contribution in [3.05, 3.63) is 70.6 Å². The number of fused-ring (bicyclic) bond motifs is 1. The zero-order valence-corrected chi connectivity index (χ0v) is 21.3. The molecular formula is C29H29ClF2N2O3. The summed E-state index contributed by atoms with van der Waals surface area (Å²) in [5, 5.41) is 10.4. The minimum atomic E-state index is -1.31. The molecule has 8 heteroatoms. The first-order chi connectivity index (χ1) is 17.8. The number of aromatic nitrogens is 1. The number of halogens is 3. The van der Waals surface area contributed by atoms with Crippen LogP contribution in [0.15, 0.2) is 48.7 Å². The monoisotopic (exact) mass is 526 g/mol. The van der Waals surface area contributed by atoms with Gasteiger partial charge in [-0.15, -0.1) is 0 Å². The van der Waals surface area contributed by atoms with E-state index in [1.54, 1.807) is 37.4 Å². The van der Waals surface area contributed by atoms with Crippen LogP contribution in [0.25, 0.3) is 10.9 Å². The summed E-state index contributed by atoms with van der Waals surface area (Å²) >= 11 is 6.37. The molecule has 1 N–H and O–H groups in total. The summed E-state index contributed by atoms with van der Waals surface area (Å²) in [7, 11) is 1.55. The average molecular weight is 527 g/mol. The van der Waals surface area contributed by atoms with Crippen LogP contribution in [0.2, 0.25) is 5.02 Å². The number of hydrogen-bond acceptors (Lipinski definition) is 4. The summed E-state index contributed by atoms with van der Waals surface area (Å²) in [5.74, 6) is 5.38. The third kappa shape index (κ3) is 6.97. The predicted octanol–water partition coefficient (Wildman–Crippen LogP) is 6.29. The van der Waals surface area contributed by atoms with E-state index in [4.69, 9.17) is 16.3 Å². The summed E-state index contributed by atoms with van der Waals surface area (Å²) in [6, 6.07) is 11.4. The van der Waals surface area contributed by atoms with Gasteiger partial charge in [0.1, 0.15) is 17.7 Å². The van der Waals surface area contributed by atoms with Crippen molar-refractivity contribution in [2.24, 2.45) is 11.8 Å². The topological polar surface area (TPSA) is 62.7 Å². The number of rotatable bonds is 8. The molecule has 3 atom stereocenters. The van der Waals surface area contributed by atoms with E-state index in [1.807, 2.05) is 0 Å². The first-order valence-corrected chi connectivity index (χ1v) is 12.7. The van der Waals surface area contributed by atoms with Crippen molar-refractivity contribution in [1.29, 1.82) is 0 Å². The van der Waals surface area contributed by atoms with Gasteiger partial charge in [-0.25, -0.2) is 8.78 Å². The fourth-order valence-corrected chi connectivity index (χ4v) is 5.34. The minimum absolute atomic E-state index is 0.0194. The van der Waals surface area contributed by atoms with Crippen LogP contribution in [0.1, 0.15) is 43.0 Å². The molecule has 0 bridgehead atoms. The van der Waals surface area contributed by atoms with Gasteiger partial charge < -0.3 is 9.84 Å². The highest BCUT2D eigenvalue weighted by Gasteiger charge is 2.31. The number of pyridine rings is 1. The normalized spacial score (nSPS) is 18.7. The van der Waals surface area contributed by atoms with Gasteiger partial charge >= 0.3 is 5.97 Å². The van der Waals surface area contributed by atoms with E-state index in [-0.39, 0.29) is 35.5 Å². The van der Waals surface area contributed by atoms with Crippen molar-refractivity contribution in [3.63, 3.8) is 0 Å². The molecule has 37 heavy (non-hydrogen) atoms. The summed E-state index contributed by atoms with van der Waals surface area (Å²) in [4.78, 5) is 18.0. The second-order valence-electron chi connectivity index (χ2n) is 9.40. The van der Waals surface area contributed by atoms with E-state index in [2.05, 4.69) is 21.7 Å². The Bertz CT molecular complexity index is 1320. The zero-order chi connectivity index (χ0) is 26.4. The molecule has 194 valence electrons. The smallest absolute Gasteiger partial charge is 0.303 e. The molecule has 5 nitrogen and oxygen atoms in total. The quantitative estimate of drug-likeness (QED) is 0.349. The number of alkyl halides is 1. The van der Waals surface area contributed by atoms with Crippen LogP contribution in [0, 0.1) is 29.5 Å². The number of likely N-dealkylation sites (tertiary alicyclic amines) is 1. The van der Waals surface area contributed by atoms with E-state index in [9.17, 15) is 14.3 Å². The fraction of sp³-hybridized carbons (Fsp3) is 0.379. The number of ether oxygens (including phenoxy) is 1. The van der Waals surface area contributed by atoms with Crippen molar-refractivity contribution < 1.29 is 23.4 Å². The molecule has 0 saturated carbocycles. The molecule has 1 aliphatic rings. The van der Waals surface area contributed by atoms with Gasteiger partial charge in [0.15, 0.2) is 0 Å². The van der Waals surface area contributed by atoms with Crippen LogP contribution >= 0.6 is 11.6 Å². The van der Waals surface area contributed by atoms with Gasteiger partial charge in [0.25, 0.3) is 0 Å². The molecule has 3 aromatic rings. The fourth-order valence-electron chi connectivity index (χ4n) is 5.07. The Morgan fingerprint density at radius 2 is 2.14 bits per heavy atom. The Morgan fingerprint density at radius 3 is 2.89 bits per heavy atom. The number of methoxy groups -OCH3 is 1. The molecule has 0 radical (unpaired) electrons. The molecule has 1 fully saturated rings. The lowest BCUT2D eigenvalue weighted by Gasteiger charge is -2.37. The van der Waals surface area contributed by atoms with Crippen molar-refractivity contribution in [1.82, 2.24) is 9.88 Å². The van der Waals surface area contributed by atoms with Crippen LogP contribution in [-0.2, 0) is 4.79 Å². The second kappa shape index (κ2) is 12.4. The largest absolute Gasteiger partial charge is 0.497 e. The van der Waals surface area contributed by atoms with Crippen LogP contribution in [-0.4, -0.2) is 47.7 Å². The molecule has 0 spiro atoms. The SMILES string of the molecule is COc1ccc2ncc(Cl)c(C(F)CCC3CCN(CC#Cc4cccc(F)c4)CC3CC(=O)O)c2c1. The Kier molecular flexibility index (Phi) is 8.96. The Labute approximate surface area is 220 Å². The van der Waals surface area contributed by atoms with Gasteiger partial charge in [0, 0.05) is 35.7 Å². The number of nitrogens with zero attached hydrogens (tertiary/aromatic N) is 2. The number of aliphatic carboxylic acids is 1. The summed E-state index contributed by atoms with van der Waals surface area (Å²) in [6.07, 6.45) is 1.71. The third-order valence-corrected chi connectivity index (χ3v) is 7.25. The molecule has 0 amide bonds. The lowest BCUT2D eigenvalue weighted by molar-refractivity contribution is -0.139. The predicted molar refractivity (Wildman–Crippen MR) is 140 cm³/mol. The Balaban J connectivity index is 1.42. The standard InChI is InChI=1S/C29H29ClF2N2O3/c1-37-23-8-10-27-24(16-23)29(25(30)17-33-27)26(32)9-7-20-11-13-34(18-21(20)15-28(35)36)12-3-5-19-4-2-6-22(31)14-19/h2,4,6,8,10,14,16-17,20-21,26H,7,9,11-13,15,18H2,1H3,(H,35,36). The van der Waals surface area contributed by atoms with Gasteiger partial charge in [0.05, 0.1) is 24.2 Å². The average Bonchev–Trinajstić information content (AvgIpc) is 2.87. The van der Waals surface area contributed by atoms with Crippen molar-refractivity contribution in [3.8, 4) is 17.6 Å². The van der Waals surface area contributed by atoms with E-state index >= 15 is 4.39 Å². The number of carboxylic acids is 1. The highest BCUT2D eigenvalue weighted by Crippen LogP contribution is 2.39. The first-order valence-electron chi connectivity index (χ1n) is 12.3. The minimum Gasteiger partial charge on any atom is -0.497 e. The van der Waals surface area contributed by atoms with Crippen LogP contribution in [0.5, 0.6) is 5.75 Å². The van der Waals surface area contributed by atoms with Crippen LogP contribution in [0.4, 0.5) is 8.78 Å². The van der Waals surface area contributed by atoms with E-state index < -0.39 is 12.1 Å². The van der Waals surface area contributed by atoms with Crippen molar-refractivity contribution >= 4 is 28.5 Å². The van der Waals surface area contributed by atoms with Crippen molar-refractivity contribution in [2.75, 3.05) is 26.7 Å². The lowest BCUT2D eigenvalue weighted by Crippen LogP contribution is -2.41. The molecule has 0 aliphatic carbocycles. The lowest BCUT2D eigenvalue weighted by atomic mass is 9.79. The van der Waals surface area contributed by atoms with Crippen LogP contribution < -0.4 is 4.74 Å². The highest BCUT2D eigenvalue weighted by atomic mass is 35.5. The van der Waals surface area contributed by atoms with Gasteiger partial charge in [0.2, 0.25) is 0 Å². The van der Waals surface area contributed by atoms with Gasteiger partial charge in [-0.3, -0.25) is 14.7 Å². The van der Waals surface area contributed by atoms with E-state index in [1.165, 1.54) is 18.3 Å². The molecule has 1 aliphatic heterocycles. The number of carboxylic acid groups (broad SMARTS) is 1.